The maximum atomic E-state index is 12.3. The van der Waals surface area contributed by atoms with Crippen LogP contribution in [0, 0.1) is 0 Å². The first-order chi connectivity index (χ1) is 14.2. The third kappa shape index (κ3) is 6.54. The molecule has 162 valence electrons. The summed E-state index contributed by atoms with van der Waals surface area (Å²) in [6, 6.07) is 6.74. The minimum Gasteiger partial charge on any atom is -0.451 e. The molecule has 0 unspecified atom stereocenters. The van der Waals surface area contributed by atoms with Crippen LogP contribution >= 0.6 is 0 Å². The van der Waals surface area contributed by atoms with E-state index in [2.05, 4.69) is 20.5 Å². The number of esters is 1. The molecule has 2 amide bonds. The number of carbonyl (C=O) groups is 3. The molecule has 0 aliphatic rings. The van der Waals surface area contributed by atoms with Crippen LogP contribution in [0.1, 0.15) is 37.2 Å². The van der Waals surface area contributed by atoms with Gasteiger partial charge in [0.1, 0.15) is 18.1 Å². The molecule has 0 fully saturated rings. The summed E-state index contributed by atoms with van der Waals surface area (Å²) >= 11 is 0. The number of amides is 2. The van der Waals surface area contributed by atoms with E-state index in [1.54, 1.807) is 10.7 Å². The third-order valence-electron chi connectivity index (χ3n) is 3.80. The lowest BCUT2D eigenvalue weighted by atomic mass is 10.2. The van der Waals surface area contributed by atoms with Crippen LogP contribution in [0.15, 0.2) is 36.5 Å². The van der Waals surface area contributed by atoms with Gasteiger partial charge in [-0.3, -0.25) is 14.4 Å². The van der Waals surface area contributed by atoms with Crippen LogP contribution in [0.3, 0.4) is 0 Å². The highest BCUT2D eigenvalue weighted by molar-refractivity contribution is 5.97. The molecular formula is C19H22F2N4O5. The van der Waals surface area contributed by atoms with Crippen LogP contribution in [-0.4, -0.2) is 46.8 Å². The SMILES string of the molecule is CC(C)n1nccc1NC(=O)[C@H](C)OC(=O)CNC(=O)c1cccc(OC(F)F)c1. The Bertz CT molecular complexity index is 901. The maximum Gasteiger partial charge on any atom is 0.387 e. The molecular weight excluding hydrogens is 402 g/mol. The molecule has 9 nitrogen and oxygen atoms in total. The number of benzene rings is 1. The zero-order valence-electron chi connectivity index (χ0n) is 16.6. The van der Waals surface area contributed by atoms with Crippen molar-refractivity contribution in [1.29, 1.82) is 0 Å². The van der Waals surface area contributed by atoms with E-state index in [1.807, 2.05) is 13.8 Å². The van der Waals surface area contributed by atoms with E-state index in [0.717, 1.165) is 6.07 Å². The molecule has 0 spiro atoms. The summed E-state index contributed by atoms with van der Waals surface area (Å²) in [5.41, 5.74) is 0.0219. The number of hydrogen-bond donors (Lipinski definition) is 2. The summed E-state index contributed by atoms with van der Waals surface area (Å²) in [5, 5.41) is 8.99. The predicted octanol–water partition coefficient (Wildman–Crippen LogP) is 2.37. The third-order valence-corrected chi connectivity index (χ3v) is 3.80. The van der Waals surface area contributed by atoms with E-state index < -0.39 is 37.0 Å². The van der Waals surface area contributed by atoms with E-state index in [1.165, 1.54) is 31.3 Å². The van der Waals surface area contributed by atoms with Gasteiger partial charge in [0.25, 0.3) is 11.8 Å². The molecule has 0 bridgehead atoms. The molecule has 0 saturated heterocycles. The van der Waals surface area contributed by atoms with Crippen molar-refractivity contribution in [3.8, 4) is 5.75 Å². The van der Waals surface area contributed by atoms with Gasteiger partial charge in [-0.2, -0.15) is 13.9 Å². The van der Waals surface area contributed by atoms with Crippen molar-refractivity contribution in [3.63, 3.8) is 0 Å². The van der Waals surface area contributed by atoms with Gasteiger partial charge in [-0.05, 0) is 39.0 Å². The fourth-order valence-electron chi connectivity index (χ4n) is 2.41. The molecule has 0 saturated carbocycles. The number of ether oxygens (including phenoxy) is 2. The molecule has 0 aliphatic heterocycles. The van der Waals surface area contributed by atoms with Crippen molar-refractivity contribution < 1.29 is 32.6 Å². The number of nitrogens with one attached hydrogen (secondary N) is 2. The number of hydrogen-bond acceptors (Lipinski definition) is 6. The normalized spacial score (nSPS) is 11.8. The smallest absolute Gasteiger partial charge is 0.387 e. The van der Waals surface area contributed by atoms with Gasteiger partial charge in [0.2, 0.25) is 0 Å². The summed E-state index contributed by atoms with van der Waals surface area (Å²) in [4.78, 5) is 36.2. The second-order valence-electron chi connectivity index (χ2n) is 6.47. The monoisotopic (exact) mass is 424 g/mol. The Kier molecular flexibility index (Phi) is 7.84. The molecule has 1 heterocycles. The fraction of sp³-hybridized carbons (Fsp3) is 0.368. The standard InChI is InChI=1S/C19H22F2N4O5/c1-11(2)25-15(7-8-23-25)24-17(27)12(3)29-16(26)10-22-18(28)13-5-4-6-14(9-13)30-19(20)21/h4-9,11-12,19H,10H2,1-3H3,(H,22,28)(H,24,27)/t12-/m0/s1. The van der Waals surface area contributed by atoms with E-state index in [0.29, 0.717) is 5.82 Å². The van der Waals surface area contributed by atoms with Gasteiger partial charge in [0, 0.05) is 17.7 Å². The minimum atomic E-state index is -3.02. The number of anilines is 1. The predicted molar refractivity (Wildman–Crippen MR) is 102 cm³/mol. The number of carbonyl (C=O) groups excluding carboxylic acids is 3. The molecule has 2 aromatic rings. The van der Waals surface area contributed by atoms with Crippen LogP contribution in [0.25, 0.3) is 0 Å². The van der Waals surface area contributed by atoms with Gasteiger partial charge in [-0.25, -0.2) is 4.68 Å². The zero-order valence-corrected chi connectivity index (χ0v) is 16.6. The molecule has 30 heavy (non-hydrogen) atoms. The number of aromatic nitrogens is 2. The highest BCUT2D eigenvalue weighted by Gasteiger charge is 2.20. The first-order valence-electron chi connectivity index (χ1n) is 9.04. The molecule has 2 N–H and O–H groups in total. The van der Waals surface area contributed by atoms with Gasteiger partial charge >= 0.3 is 12.6 Å². The topological polar surface area (TPSA) is 112 Å². The lowest BCUT2D eigenvalue weighted by Crippen LogP contribution is -2.36. The molecule has 1 aromatic carbocycles. The summed E-state index contributed by atoms with van der Waals surface area (Å²) in [5.74, 6) is -1.83. The summed E-state index contributed by atoms with van der Waals surface area (Å²) in [7, 11) is 0. The Balaban J connectivity index is 1.84. The van der Waals surface area contributed by atoms with Crippen molar-refractivity contribution >= 4 is 23.6 Å². The second kappa shape index (κ2) is 10.3. The minimum absolute atomic E-state index is 0.0213. The average Bonchev–Trinajstić information content (AvgIpc) is 3.14. The largest absolute Gasteiger partial charge is 0.451 e. The van der Waals surface area contributed by atoms with Gasteiger partial charge < -0.3 is 20.1 Å². The second-order valence-corrected chi connectivity index (χ2v) is 6.47. The lowest BCUT2D eigenvalue weighted by Gasteiger charge is -2.16. The van der Waals surface area contributed by atoms with Crippen molar-refractivity contribution in [3.05, 3.63) is 42.1 Å². The molecule has 1 aromatic heterocycles. The molecule has 0 aliphatic carbocycles. The highest BCUT2D eigenvalue weighted by Crippen LogP contribution is 2.16. The van der Waals surface area contributed by atoms with Crippen LogP contribution in [0.4, 0.5) is 14.6 Å². The van der Waals surface area contributed by atoms with Gasteiger partial charge in [-0.15, -0.1) is 0 Å². The summed E-state index contributed by atoms with van der Waals surface area (Å²) in [6.45, 7) is 1.63. The summed E-state index contributed by atoms with van der Waals surface area (Å²) in [6.07, 6.45) is 0.413. The molecule has 11 heteroatoms. The van der Waals surface area contributed by atoms with Crippen molar-refractivity contribution in [2.45, 2.75) is 39.5 Å². The lowest BCUT2D eigenvalue weighted by molar-refractivity contribution is -0.152. The molecule has 0 radical (unpaired) electrons. The number of nitrogens with zero attached hydrogens (tertiary/aromatic N) is 2. The number of alkyl halides is 2. The van der Waals surface area contributed by atoms with Crippen molar-refractivity contribution in [2.24, 2.45) is 0 Å². The van der Waals surface area contributed by atoms with Crippen molar-refractivity contribution in [1.82, 2.24) is 15.1 Å². The first kappa shape index (κ1) is 22.8. The Hall–Kier alpha value is -3.50. The number of rotatable bonds is 9. The quantitative estimate of drug-likeness (QED) is 0.598. The van der Waals surface area contributed by atoms with E-state index in [-0.39, 0.29) is 17.4 Å². The van der Waals surface area contributed by atoms with Gasteiger partial charge in [0.15, 0.2) is 6.10 Å². The molecule has 2 rings (SSSR count). The first-order valence-corrected chi connectivity index (χ1v) is 9.04. The zero-order chi connectivity index (χ0) is 22.3. The average molecular weight is 424 g/mol. The highest BCUT2D eigenvalue weighted by atomic mass is 19.3. The Labute approximate surface area is 171 Å². The maximum absolute atomic E-state index is 12.3. The van der Waals surface area contributed by atoms with E-state index in [4.69, 9.17) is 4.74 Å². The Morgan fingerprint density at radius 2 is 1.90 bits per heavy atom. The van der Waals surface area contributed by atoms with Gasteiger partial charge in [0.05, 0.1) is 6.20 Å². The van der Waals surface area contributed by atoms with Crippen LogP contribution in [0.5, 0.6) is 5.75 Å². The van der Waals surface area contributed by atoms with E-state index >= 15 is 0 Å². The van der Waals surface area contributed by atoms with Crippen LogP contribution in [0.2, 0.25) is 0 Å². The fourth-order valence-corrected chi connectivity index (χ4v) is 2.41. The number of halogens is 2. The van der Waals surface area contributed by atoms with Gasteiger partial charge in [-0.1, -0.05) is 6.07 Å². The Morgan fingerprint density at radius 1 is 1.17 bits per heavy atom. The van der Waals surface area contributed by atoms with E-state index in [9.17, 15) is 23.2 Å². The Morgan fingerprint density at radius 3 is 2.57 bits per heavy atom. The van der Waals surface area contributed by atoms with Crippen molar-refractivity contribution in [2.75, 3.05) is 11.9 Å². The van der Waals surface area contributed by atoms with Crippen LogP contribution < -0.4 is 15.4 Å². The molecule has 1 atom stereocenters. The summed E-state index contributed by atoms with van der Waals surface area (Å²) < 4.78 is 35.3. The van der Waals surface area contributed by atoms with Crippen LogP contribution in [-0.2, 0) is 14.3 Å².